The van der Waals surface area contributed by atoms with E-state index in [1.807, 2.05) is 12.1 Å². The van der Waals surface area contributed by atoms with Gasteiger partial charge in [0.15, 0.2) is 5.65 Å². The van der Waals surface area contributed by atoms with Crippen LogP contribution in [-0.4, -0.2) is 74.5 Å². The Morgan fingerprint density at radius 2 is 2.03 bits per heavy atom. The van der Waals surface area contributed by atoms with E-state index in [-0.39, 0.29) is 31.9 Å². The monoisotopic (exact) mass is 449 g/mol. The van der Waals surface area contributed by atoms with E-state index in [0.29, 0.717) is 34.1 Å². The van der Waals surface area contributed by atoms with Gasteiger partial charge in [-0.25, -0.2) is 4.98 Å². The van der Waals surface area contributed by atoms with Crippen LogP contribution in [0, 0.1) is 0 Å². The topological polar surface area (TPSA) is 130 Å². The summed E-state index contributed by atoms with van der Waals surface area (Å²) in [5.41, 5.74) is 2.41. The number of rotatable bonds is 7. The van der Waals surface area contributed by atoms with Crippen molar-refractivity contribution < 1.29 is 29.5 Å². The second-order valence-corrected chi connectivity index (χ2v) is 7.87. The zero-order chi connectivity index (χ0) is 22.0. The summed E-state index contributed by atoms with van der Waals surface area (Å²) >= 11 is 6.44. The van der Waals surface area contributed by atoms with Crippen LogP contribution in [0.1, 0.15) is 13.3 Å². The van der Waals surface area contributed by atoms with Gasteiger partial charge in [-0.2, -0.15) is 4.98 Å². The molecule has 0 saturated carbocycles. The average molecular weight is 450 g/mol. The maximum absolute atomic E-state index is 9.99. The highest BCUT2D eigenvalue weighted by Gasteiger charge is 2.31. The molecule has 3 heterocycles. The van der Waals surface area contributed by atoms with Gasteiger partial charge >= 0.3 is 0 Å². The van der Waals surface area contributed by atoms with Crippen molar-refractivity contribution in [2.75, 3.05) is 19.8 Å². The molecule has 0 amide bonds. The Bertz CT molecular complexity index is 1030. The minimum Gasteiger partial charge on any atom is -0.488 e. The number of aromatic nitrogens is 3. The molecule has 4 atom stereocenters. The first-order valence-corrected chi connectivity index (χ1v) is 10.4. The Morgan fingerprint density at radius 3 is 2.71 bits per heavy atom. The molecule has 0 aliphatic carbocycles. The molecule has 1 saturated heterocycles. The van der Waals surface area contributed by atoms with Crippen LogP contribution in [0.3, 0.4) is 0 Å². The Hall–Kier alpha value is -2.43. The number of imidazole rings is 1. The van der Waals surface area contributed by atoms with Crippen LogP contribution in [0.5, 0.6) is 11.8 Å². The highest BCUT2D eigenvalue weighted by Crippen LogP contribution is 2.31. The van der Waals surface area contributed by atoms with Gasteiger partial charge in [-0.3, -0.25) is 0 Å². The van der Waals surface area contributed by atoms with Crippen molar-refractivity contribution in [3.8, 4) is 23.0 Å². The minimum atomic E-state index is -0.806. The third kappa shape index (κ3) is 4.91. The van der Waals surface area contributed by atoms with Gasteiger partial charge in [0.2, 0.25) is 0 Å². The van der Waals surface area contributed by atoms with Gasteiger partial charge in [-0.1, -0.05) is 11.6 Å². The number of aromatic amines is 1. The molecular weight excluding hydrogens is 426 g/mol. The molecule has 166 valence electrons. The van der Waals surface area contributed by atoms with Gasteiger partial charge in [-0.15, -0.1) is 0 Å². The number of benzene rings is 1. The average Bonchev–Trinajstić information content (AvgIpc) is 3.14. The fourth-order valence-electron chi connectivity index (χ4n) is 3.36. The van der Waals surface area contributed by atoms with Crippen LogP contribution in [0.2, 0.25) is 5.02 Å². The predicted molar refractivity (Wildman–Crippen MR) is 113 cm³/mol. The highest BCUT2D eigenvalue weighted by atomic mass is 35.5. The Balaban J connectivity index is 1.51. The molecule has 1 aromatic carbocycles. The molecule has 0 radical (unpaired) electrons. The highest BCUT2D eigenvalue weighted by molar-refractivity contribution is 6.33. The molecule has 0 bridgehead atoms. The van der Waals surface area contributed by atoms with Crippen molar-refractivity contribution in [1.82, 2.24) is 15.0 Å². The molecule has 1 aliphatic heterocycles. The normalized spacial score (nSPS) is 22.4. The molecule has 2 unspecified atom stereocenters. The summed E-state index contributed by atoms with van der Waals surface area (Å²) in [6.07, 6.45) is -1.77. The zero-order valence-corrected chi connectivity index (χ0v) is 17.6. The molecule has 1 aliphatic rings. The van der Waals surface area contributed by atoms with Crippen LogP contribution in [-0.2, 0) is 4.74 Å². The van der Waals surface area contributed by atoms with Gasteiger partial charge in [0.25, 0.3) is 6.01 Å². The van der Waals surface area contributed by atoms with Crippen LogP contribution in [0.25, 0.3) is 22.4 Å². The fraction of sp³-hybridized carbons (Fsp3) is 0.429. The van der Waals surface area contributed by atoms with Crippen LogP contribution < -0.4 is 9.47 Å². The number of nitrogens with one attached hydrogen (secondary N) is 1. The molecule has 3 aromatic rings. The van der Waals surface area contributed by atoms with Crippen LogP contribution in [0.4, 0.5) is 0 Å². The van der Waals surface area contributed by atoms with E-state index in [2.05, 4.69) is 15.0 Å². The van der Waals surface area contributed by atoms with Gasteiger partial charge in [0, 0.05) is 12.0 Å². The molecular formula is C21H24ClN3O6. The van der Waals surface area contributed by atoms with Crippen molar-refractivity contribution in [2.24, 2.45) is 0 Å². The van der Waals surface area contributed by atoms with Gasteiger partial charge in [-0.05, 0) is 37.3 Å². The number of nitrogens with zero attached hydrogens (tertiary/aromatic N) is 2. The molecule has 10 heteroatoms. The lowest BCUT2D eigenvalue weighted by atomic mass is 10.0. The van der Waals surface area contributed by atoms with Crippen LogP contribution in [0.15, 0.2) is 30.3 Å². The van der Waals surface area contributed by atoms with Crippen molar-refractivity contribution in [2.45, 2.75) is 37.8 Å². The first-order chi connectivity index (χ1) is 15.0. The Kier molecular flexibility index (Phi) is 6.59. The number of fused-ring (bicyclic) bond motifs is 1. The van der Waals surface area contributed by atoms with E-state index in [1.54, 1.807) is 25.1 Å². The second kappa shape index (κ2) is 9.37. The summed E-state index contributed by atoms with van der Waals surface area (Å²) in [7, 11) is 0. The van der Waals surface area contributed by atoms with Gasteiger partial charge < -0.3 is 34.5 Å². The lowest BCUT2D eigenvalue weighted by Gasteiger charge is -2.31. The van der Waals surface area contributed by atoms with Crippen LogP contribution >= 0.6 is 11.6 Å². The summed E-state index contributed by atoms with van der Waals surface area (Å²) in [5.74, 6) is 0.637. The van der Waals surface area contributed by atoms with E-state index in [1.165, 1.54) is 0 Å². The third-order valence-electron chi connectivity index (χ3n) is 5.02. The molecule has 2 aromatic heterocycles. The lowest BCUT2D eigenvalue weighted by molar-refractivity contribution is -0.131. The maximum atomic E-state index is 9.99. The van der Waals surface area contributed by atoms with Crippen molar-refractivity contribution in [3.05, 3.63) is 35.4 Å². The molecule has 4 N–H and O–H groups in total. The molecule has 4 rings (SSSR count). The first-order valence-electron chi connectivity index (χ1n) is 9.98. The molecule has 31 heavy (non-hydrogen) atoms. The molecule has 0 spiro atoms. The van der Waals surface area contributed by atoms with E-state index >= 15 is 0 Å². The molecule has 9 nitrogen and oxygen atoms in total. The number of aliphatic hydroxyl groups excluding tert-OH is 3. The predicted octanol–water partition coefficient (Wildman–Crippen LogP) is 1.93. The van der Waals surface area contributed by atoms with Gasteiger partial charge in [0.1, 0.15) is 24.1 Å². The number of halogens is 1. The quantitative estimate of drug-likeness (QED) is 0.430. The first kappa shape index (κ1) is 21.8. The fourth-order valence-corrected chi connectivity index (χ4v) is 3.62. The number of ether oxygens (including phenoxy) is 3. The van der Waals surface area contributed by atoms with Gasteiger partial charge in [0.05, 0.1) is 42.2 Å². The lowest BCUT2D eigenvalue weighted by Crippen LogP contribution is -2.45. The molecule has 1 fully saturated rings. The third-order valence-corrected chi connectivity index (χ3v) is 5.30. The van der Waals surface area contributed by atoms with Crippen molar-refractivity contribution >= 4 is 22.8 Å². The van der Waals surface area contributed by atoms with Crippen molar-refractivity contribution in [3.63, 3.8) is 0 Å². The Morgan fingerprint density at radius 1 is 1.26 bits per heavy atom. The number of H-pyrrole nitrogens is 1. The zero-order valence-electron chi connectivity index (χ0n) is 16.9. The number of hydrogen-bond donors (Lipinski definition) is 4. The SMILES string of the molecule is CC(CO)Oc1ccc(-c2nc3nc(O[C@H]4COC(CO)[C@@H](O)C4)[nH]c3cc2Cl)cc1. The summed E-state index contributed by atoms with van der Waals surface area (Å²) in [6, 6.07) is 9.23. The van der Waals surface area contributed by atoms with Crippen molar-refractivity contribution in [1.29, 1.82) is 0 Å². The smallest absolute Gasteiger partial charge is 0.296 e. The summed E-state index contributed by atoms with van der Waals surface area (Å²) in [5, 5.41) is 28.7. The number of aliphatic hydroxyl groups is 3. The summed E-state index contributed by atoms with van der Waals surface area (Å²) in [4.78, 5) is 12.0. The maximum Gasteiger partial charge on any atom is 0.296 e. The second-order valence-electron chi connectivity index (χ2n) is 7.46. The van der Waals surface area contributed by atoms with E-state index < -0.39 is 18.3 Å². The Labute approximate surface area is 183 Å². The minimum absolute atomic E-state index is 0.0661. The summed E-state index contributed by atoms with van der Waals surface area (Å²) in [6.45, 7) is 1.71. The standard InChI is InChI=1S/C21H24ClN3O6/c1-11(8-26)30-13-4-2-12(3-5-13)19-15(22)7-16-20(24-19)25-21(23-16)31-14-6-17(28)18(9-27)29-10-14/h2-5,7,11,14,17-18,26-28H,6,8-10H2,1H3,(H,23,24,25)/t11?,14-,17+,18?/m1/s1. The van der Waals surface area contributed by atoms with E-state index in [9.17, 15) is 5.11 Å². The number of hydrogen-bond acceptors (Lipinski definition) is 8. The number of pyridine rings is 1. The van der Waals surface area contributed by atoms with E-state index in [0.717, 1.165) is 5.56 Å². The van der Waals surface area contributed by atoms with E-state index in [4.69, 9.17) is 36.0 Å². The summed E-state index contributed by atoms with van der Waals surface area (Å²) < 4.78 is 16.8. The largest absolute Gasteiger partial charge is 0.488 e.